The Hall–Kier alpha value is -3.35. The zero-order valence-electron chi connectivity index (χ0n) is 11.9. The van der Waals surface area contributed by atoms with Gasteiger partial charge < -0.3 is 19.0 Å². The van der Waals surface area contributed by atoms with Crippen LogP contribution < -0.4 is 15.0 Å². The van der Waals surface area contributed by atoms with Crippen LogP contribution in [0.15, 0.2) is 45.8 Å². The van der Waals surface area contributed by atoms with Crippen molar-refractivity contribution in [1.29, 1.82) is 0 Å². The third-order valence-electron chi connectivity index (χ3n) is 3.30. The normalized spacial score (nSPS) is 12.9. The Bertz CT molecular complexity index is 922. The van der Waals surface area contributed by atoms with Crippen LogP contribution in [0.1, 0.15) is 11.5 Å². The first-order chi connectivity index (χ1) is 11.3. The van der Waals surface area contributed by atoms with Crippen LogP contribution in [0.2, 0.25) is 0 Å². The van der Waals surface area contributed by atoms with Crippen LogP contribution in [-0.4, -0.2) is 21.9 Å². The second kappa shape index (κ2) is 5.45. The molecule has 0 aliphatic carbocycles. The fourth-order valence-corrected chi connectivity index (χ4v) is 2.15. The van der Waals surface area contributed by atoms with Gasteiger partial charge in [-0.15, -0.1) is 0 Å². The molecule has 3 aromatic rings. The van der Waals surface area contributed by atoms with Crippen molar-refractivity contribution >= 4 is 12.2 Å². The third-order valence-corrected chi connectivity index (χ3v) is 3.30. The lowest BCUT2D eigenvalue weighted by atomic mass is 10.2. The second-order valence-electron chi connectivity index (χ2n) is 4.84. The maximum atomic E-state index is 11.0. The van der Waals surface area contributed by atoms with Crippen molar-refractivity contribution in [1.82, 2.24) is 15.1 Å². The number of hydrogen-bond donors (Lipinski definition) is 1. The number of aromatic amines is 1. The first kappa shape index (κ1) is 13.3. The molecule has 0 radical (unpaired) electrons. The maximum absolute atomic E-state index is 11.0. The van der Waals surface area contributed by atoms with E-state index < -0.39 is 0 Å². The number of hydrogen-bond acceptors (Lipinski definition) is 6. The fraction of sp³-hybridized carbons (Fsp3) is 0.0625. The average Bonchev–Trinajstić information content (AvgIpc) is 3.22. The van der Waals surface area contributed by atoms with Gasteiger partial charge in [0.2, 0.25) is 18.2 Å². The molecule has 23 heavy (non-hydrogen) atoms. The molecule has 1 aliphatic rings. The van der Waals surface area contributed by atoms with Gasteiger partial charge in [0.1, 0.15) is 0 Å². The molecule has 0 spiro atoms. The van der Waals surface area contributed by atoms with E-state index in [1.54, 1.807) is 18.3 Å². The molecule has 1 N–H and O–H groups in total. The van der Waals surface area contributed by atoms with E-state index in [2.05, 4.69) is 15.1 Å². The van der Waals surface area contributed by atoms with Crippen LogP contribution in [0.4, 0.5) is 0 Å². The highest BCUT2D eigenvalue weighted by molar-refractivity contribution is 5.68. The zero-order chi connectivity index (χ0) is 15.6. The minimum Gasteiger partial charge on any atom is -0.454 e. The fourth-order valence-electron chi connectivity index (χ4n) is 2.15. The SMILES string of the molecule is O=c1ccc(-c2noc(C=Cc3ccc4c(c3)OCO4)n2)c[nH]1. The number of nitrogens with zero attached hydrogens (tertiary/aromatic N) is 2. The molecular weight excluding hydrogens is 298 g/mol. The van der Waals surface area contributed by atoms with Crippen LogP contribution in [-0.2, 0) is 0 Å². The van der Waals surface area contributed by atoms with E-state index in [1.165, 1.54) is 6.07 Å². The van der Waals surface area contributed by atoms with Crippen molar-refractivity contribution in [2.24, 2.45) is 0 Å². The van der Waals surface area contributed by atoms with Gasteiger partial charge in [0.25, 0.3) is 5.89 Å². The Morgan fingerprint density at radius 3 is 2.87 bits per heavy atom. The molecule has 7 nitrogen and oxygen atoms in total. The predicted octanol–water partition coefficient (Wildman–Crippen LogP) is 2.32. The monoisotopic (exact) mass is 309 g/mol. The van der Waals surface area contributed by atoms with Crippen molar-refractivity contribution in [3.8, 4) is 22.9 Å². The minimum absolute atomic E-state index is 0.180. The standard InChI is InChI=1S/C16H11N3O4/c20-14-5-3-11(8-17-14)16-18-15(23-19-16)6-2-10-1-4-12-13(7-10)22-9-21-12/h1-8H,9H2,(H,17,20). The Labute approximate surface area is 130 Å². The molecule has 0 fully saturated rings. The Kier molecular flexibility index (Phi) is 3.16. The molecule has 0 unspecified atom stereocenters. The molecule has 0 saturated heterocycles. The Morgan fingerprint density at radius 2 is 2.00 bits per heavy atom. The van der Waals surface area contributed by atoms with Crippen molar-refractivity contribution in [2.45, 2.75) is 0 Å². The minimum atomic E-state index is -0.180. The van der Waals surface area contributed by atoms with Gasteiger partial charge >= 0.3 is 0 Å². The number of benzene rings is 1. The summed E-state index contributed by atoms with van der Waals surface area (Å²) in [6.45, 7) is 0.245. The van der Waals surface area contributed by atoms with E-state index in [-0.39, 0.29) is 12.4 Å². The van der Waals surface area contributed by atoms with Crippen LogP contribution in [0, 0.1) is 0 Å². The molecule has 0 amide bonds. The van der Waals surface area contributed by atoms with Gasteiger partial charge in [-0.05, 0) is 29.8 Å². The lowest BCUT2D eigenvalue weighted by Gasteiger charge is -1.96. The van der Waals surface area contributed by atoms with Gasteiger partial charge in [-0.1, -0.05) is 11.2 Å². The highest BCUT2D eigenvalue weighted by Gasteiger charge is 2.12. The Balaban J connectivity index is 1.55. The molecule has 0 bridgehead atoms. The average molecular weight is 309 g/mol. The molecule has 2 aromatic heterocycles. The van der Waals surface area contributed by atoms with Gasteiger partial charge in [-0.25, -0.2) is 0 Å². The number of pyridine rings is 1. The first-order valence-corrected chi connectivity index (χ1v) is 6.88. The van der Waals surface area contributed by atoms with Gasteiger partial charge in [-0.3, -0.25) is 4.79 Å². The van der Waals surface area contributed by atoms with Crippen LogP contribution in [0.3, 0.4) is 0 Å². The van der Waals surface area contributed by atoms with E-state index in [0.717, 1.165) is 11.3 Å². The number of rotatable bonds is 3. The molecule has 1 aliphatic heterocycles. The molecule has 0 atom stereocenters. The van der Waals surface area contributed by atoms with Gasteiger partial charge in [-0.2, -0.15) is 4.98 Å². The summed E-state index contributed by atoms with van der Waals surface area (Å²) in [7, 11) is 0. The Morgan fingerprint density at radius 1 is 1.09 bits per heavy atom. The van der Waals surface area contributed by atoms with E-state index in [0.29, 0.717) is 23.0 Å². The van der Waals surface area contributed by atoms with E-state index in [9.17, 15) is 4.79 Å². The summed E-state index contributed by atoms with van der Waals surface area (Å²) in [6.07, 6.45) is 5.09. The van der Waals surface area contributed by atoms with Crippen molar-refractivity contribution in [3.05, 3.63) is 58.3 Å². The lowest BCUT2D eigenvalue weighted by molar-refractivity contribution is 0.174. The summed E-state index contributed by atoms with van der Waals surface area (Å²) in [5.74, 6) is 2.22. The number of aromatic nitrogens is 3. The molecule has 4 rings (SSSR count). The quantitative estimate of drug-likeness (QED) is 0.798. The number of H-pyrrole nitrogens is 1. The van der Waals surface area contributed by atoms with Crippen molar-refractivity contribution in [3.63, 3.8) is 0 Å². The molecular formula is C16H11N3O4. The zero-order valence-corrected chi connectivity index (χ0v) is 11.9. The largest absolute Gasteiger partial charge is 0.454 e. The highest BCUT2D eigenvalue weighted by atomic mass is 16.7. The molecule has 3 heterocycles. The molecule has 114 valence electrons. The summed E-state index contributed by atoms with van der Waals surface area (Å²) >= 11 is 0. The summed E-state index contributed by atoms with van der Waals surface area (Å²) in [4.78, 5) is 17.9. The summed E-state index contributed by atoms with van der Waals surface area (Å²) in [6, 6.07) is 8.67. The second-order valence-corrected chi connectivity index (χ2v) is 4.84. The number of ether oxygens (including phenoxy) is 2. The van der Waals surface area contributed by atoms with Crippen LogP contribution >= 0.6 is 0 Å². The van der Waals surface area contributed by atoms with E-state index >= 15 is 0 Å². The third kappa shape index (κ3) is 2.71. The van der Waals surface area contributed by atoms with Crippen LogP contribution in [0.25, 0.3) is 23.5 Å². The van der Waals surface area contributed by atoms with Gasteiger partial charge in [0, 0.05) is 23.9 Å². The van der Waals surface area contributed by atoms with Crippen molar-refractivity contribution in [2.75, 3.05) is 6.79 Å². The van der Waals surface area contributed by atoms with Crippen molar-refractivity contribution < 1.29 is 14.0 Å². The maximum Gasteiger partial charge on any atom is 0.250 e. The van der Waals surface area contributed by atoms with E-state index in [1.807, 2.05) is 24.3 Å². The smallest absolute Gasteiger partial charge is 0.250 e. The number of fused-ring (bicyclic) bond motifs is 1. The van der Waals surface area contributed by atoms with Crippen LogP contribution in [0.5, 0.6) is 11.5 Å². The summed E-state index contributed by atoms with van der Waals surface area (Å²) < 4.78 is 15.8. The van der Waals surface area contributed by atoms with E-state index in [4.69, 9.17) is 14.0 Å². The topological polar surface area (TPSA) is 90.2 Å². The summed E-state index contributed by atoms with van der Waals surface area (Å²) in [5, 5.41) is 3.88. The highest BCUT2D eigenvalue weighted by Crippen LogP contribution is 2.32. The van der Waals surface area contributed by atoms with Gasteiger partial charge in [0.05, 0.1) is 0 Å². The number of nitrogens with one attached hydrogen (secondary N) is 1. The first-order valence-electron chi connectivity index (χ1n) is 6.88. The van der Waals surface area contributed by atoms with Gasteiger partial charge in [0.15, 0.2) is 11.5 Å². The summed E-state index contributed by atoms with van der Waals surface area (Å²) in [5.41, 5.74) is 1.43. The predicted molar refractivity (Wildman–Crippen MR) is 81.8 cm³/mol. The molecule has 1 aromatic carbocycles. The lowest BCUT2D eigenvalue weighted by Crippen LogP contribution is -2.01. The molecule has 0 saturated carbocycles. The molecule has 7 heteroatoms.